The van der Waals surface area contributed by atoms with Crippen LogP contribution >= 0.6 is 0 Å². The van der Waals surface area contributed by atoms with Gasteiger partial charge in [0.15, 0.2) is 0 Å². The zero-order valence-corrected chi connectivity index (χ0v) is 11.5. The molecule has 104 valence electrons. The van der Waals surface area contributed by atoms with Crippen molar-refractivity contribution in [3.8, 4) is 0 Å². The molecule has 1 aliphatic heterocycles. The minimum Gasteiger partial charge on any atom is -0.379 e. The van der Waals surface area contributed by atoms with Gasteiger partial charge in [0.05, 0.1) is 31.5 Å². The summed E-state index contributed by atoms with van der Waals surface area (Å²) in [5.41, 5.74) is 0.854. The van der Waals surface area contributed by atoms with E-state index in [0.29, 0.717) is 19.8 Å². The molecule has 0 bridgehead atoms. The first-order valence-corrected chi connectivity index (χ1v) is 6.50. The average Bonchev–Trinajstić information content (AvgIpc) is 2.47. The van der Waals surface area contributed by atoms with E-state index in [1.54, 1.807) is 11.1 Å². The first-order chi connectivity index (χ1) is 9.18. The fourth-order valence-corrected chi connectivity index (χ4v) is 2.02. The third-order valence-electron chi connectivity index (χ3n) is 3.47. The first kappa shape index (κ1) is 13.9. The number of hydrogen-bond acceptors (Lipinski definition) is 5. The van der Waals surface area contributed by atoms with Crippen LogP contribution in [0.2, 0.25) is 0 Å². The summed E-state index contributed by atoms with van der Waals surface area (Å²) in [6, 6.07) is 1.79. The molecule has 6 nitrogen and oxygen atoms in total. The van der Waals surface area contributed by atoms with Gasteiger partial charge in [0, 0.05) is 26.3 Å². The lowest BCUT2D eigenvalue weighted by Crippen LogP contribution is -2.44. The minimum atomic E-state index is -0.0449. The van der Waals surface area contributed by atoms with E-state index in [-0.39, 0.29) is 11.9 Å². The number of nitrogens with zero attached hydrogens (tertiary/aromatic N) is 4. The second kappa shape index (κ2) is 6.58. The maximum absolute atomic E-state index is 12.2. The van der Waals surface area contributed by atoms with Gasteiger partial charge in [-0.3, -0.25) is 9.69 Å². The van der Waals surface area contributed by atoms with Gasteiger partial charge in [-0.05, 0) is 13.0 Å². The van der Waals surface area contributed by atoms with Crippen molar-refractivity contribution >= 4 is 5.91 Å². The van der Waals surface area contributed by atoms with E-state index in [2.05, 4.69) is 14.9 Å². The molecule has 1 saturated heterocycles. The highest BCUT2D eigenvalue weighted by atomic mass is 16.5. The van der Waals surface area contributed by atoms with Crippen LogP contribution in [0.25, 0.3) is 0 Å². The molecule has 19 heavy (non-hydrogen) atoms. The Morgan fingerprint density at radius 1 is 1.53 bits per heavy atom. The van der Waals surface area contributed by atoms with Crippen molar-refractivity contribution in [2.24, 2.45) is 0 Å². The lowest BCUT2D eigenvalue weighted by Gasteiger charge is -2.30. The van der Waals surface area contributed by atoms with Crippen molar-refractivity contribution in [1.82, 2.24) is 19.8 Å². The Morgan fingerprint density at radius 3 is 2.89 bits per heavy atom. The van der Waals surface area contributed by atoms with Crippen molar-refractivity contribution in [1.29, 1.82) is 0 Å². The molecule has 0 saturated carbocycles. The van der Waals surface area contributed by atoms with Crippen molar-refractivity contribution in [3.63, 3.8) is 0 Å². The Morgan fingerprint density at radius 2 is 2.26 bits per heavy atom. The van der Waals surface area contributed by atoms with Crippen LogP contribution in [0.1, 0.15) is 18.7 Å². The zero-order valence-electron chi connectivity index (χ0n) is 11.5. The van der Waals surface area contributed by atoms with E-state index in [1.165, 1.54) is 6.33 Å². The molecule has 1 aliphatic rings. The Bertz CT molecular complexity index is 406. The number of hydrogen-bond donors (Lipinski definition) is 0. The number of carbonyl (C=O) groups is 1. The predicted molar refractivity (Wildman–Crippen MR) is 70.5 cm³/mol. The predicted octanol–water partition coefficient (Wildman–Crippen LogP) is 0.328. The topological polar surface area (TPSA) is 58.6 Å². The van der Waals surface area contributed by atoms with Crippen molar-refractivity contribution in [2.75, 3.05) is 39.9 Å². The molecule has 6 heteroatoms. The summed E-state index contributed by atoms with van der Waals surface area (Å²) in [5, 5.41) is 0. The summed E-state index contributed by atoms with van der Waals surface area (Å²) in [6.45, 7) is 5.47. The highest BCUT2D eigenvalue weighted by molar-refractivity contribution is 5.78. The molecule has 0 radical (unpaired) electrons. The Hall–Kier alpha value is -1.53. The van der Waals surface area contributed by atoms with E-state index in [4.69, 9.17) is 4.74 Å². The molecule has 0 N–H and O–H groups in total. The molecule has 1 unspecified atom stereocenters. The zero-order chi connectivity index (χ0) is 13.7. The van der Waals surface area contributed by atoms with Gasteiger partial charge in [0.2, 0.25) is 5.91 Å². The molecule has 0 aliphatic carbocycles. The molecular formula is C13H20N4O2. The van der Waals surface area contributed by atoms with Crippen LogP contribution in [-0.4, -0.2) is 65.6 Å². The highest BCUT2D eigenvalue weighted by Crippen LogP contribution is 2.15. The van der Waals surface area contributed by atoms with Crippen LogP contribution in [0.3, 0.4) is 0 Å². The van der Waals surface area contributed by atoms with Gasteiger partial charge in [-0.15, -0.1) is 0 Å². The van der Waals surface area contributed by atoms with Gasteiger partial charge in [-0.1, -0.05) is 0 Å². The van der Waals surface area contributed by atoms with Gasteiger partial charge < -0.3 is 9.64 Å². The Kier molecular flexibility index (Phi) is 4.81. The maximum Gasteiger partial charge on any atom is 0.237 e. The summed E-state index contributed by atoms with van der Waals surface area (Å²) in [4.78, 5) is 24.2. The van der Waals surface area contributed by atoms with Gasteiger partial charge in [-0.25, -0.2) is 9.97 Å². The number of carbonyl (C=O) groups excluding carboxylic acids is 1. The van der Waals surface area contributed by atoms with Crippen LogP contribution < -0.4 is 0 Å². The third kappa shape index (κ3) is 3.71. The van der Waals surface area contributed by atoms with Crippen molar-refractivity contribution in [3.05, 3.63) is 24.3 Å². The fraction of sp³-hybridized carbons (Fsp3) is 0.615. The number of likely N-dealkylation sites (N-methyl/N-ethyl adjacent to an activating group) is 1. The summed E-state index contributed by atoms with van der Waals surface area (Å²) < 4.78 is 5.28. The summed E-state index contributed by atoms with van der Waals surface area (Å²) in [6.07, 6.45) is 3.20. The molecule has 0 aromatic carbocycles. The second-order valence-corrected chi connectivity index (χ2v) is 4.70. The number of morpholine rings is 1. The molecule has 2 heterocycles. The maximum atomic E-state index is 12.2. The van der Waals surface area contributed by atoms with Crippen LogP contribution in [0.4, 0.5) is 0 Å². The number of rotatable bonds is 4. The summed E-state index contributed by atoms with van der Waals surface area (Å²) >= 11 is 0. The molecule has 2 rings (SSSR count). The number of aromatic nitrogens is 2. The smallest absolute Gasteiger partial charge is 0.237 e. The molecule has 0 spiro atoms. The monoisotopic (exact) mass is 264 g/mol. The van der Waals surface area contributed by atoms with Gasteiger partial charge >= 0.3 is 0 Å². The summed E-state index contributed by atoms with van der Waals surface area (Å²) in [7, 11) is 1.82. The highest BCUT2D eigenvalue weighted by Gasteiger charge is 2.21. The Labute approximate surface area is 113 Å². The average molecular weight is 264 g/mol. The third-order valence-corrected chi connectivity index (χ3v) is 3.47. The van der Waals surface area contributed by atoms with Crippen LogP contribution in [0.15, 0.2) is 18.6 Å². The lowest BCUT2D eigenvalue weighted by atomic mass is 10.2. The lowest BCUT2D eigenvalue weighted by molar-refractivity contribution is -0.134. The largest absolute Gasteiger partial charge is 0.379 e. The molecule has 1 amide bonds. The first-order valence-electron chi connectivity index (χ1n) is 6.50. The van der Waals surface area contributed by atoms with E-state index in [0.717, 1.165) is 18.8 Å². The van der Waals surface area contributed by atoms with Crippen LogP contribution in [0, 0.1) is 0 Å². The molecule has 1 fully saturated rings. The van der Waals surface area contributed by atoms with Crippen molar-refractivity contribution < 1.29 is 9.53 Å². The number of ether oxygens (including phenoxy) is 1. The van der Waals surface area contributed by atoms with Crippen LogP contribution in [-0.2, 0) is 9.53 Å². The van der Waals surface area contributed by atoms with Gasteiger partial charge in [-0.2, -0.15) is 0 Å². The van der Waals surface area contributed by atoms with E-state index >= 15 is 0 Å². The van der Waals surface area contributed by atoms with E-state index in [1.807, 2.05) is 20.0 Å². The van der Waals surface area contributed by atoms with Gasteiger partial charge in [0.1, 0.15) is 6.33 Å². The normalized spacial score (nSPS) is 18.0. The fourth-order valence-electron chi connectivity index (χ4n) is 2.02. The van der Waals surface area contributed by atoms with Gasteiger partial charge in [0.25, 0.3) is 0 Å². The number of amides is 1. The van der Waals surface area contributed by atoms with Crippen molar-refractivity contribution in [2.45, 2.75) is 13.0 Å². The minimum absolute atomic E-state index is 0.0449. The molecule has 1 atom stereocenters. The SMILES string of the molecule is CC(c1ccncn1)N(C)C(=O)CN1CCOCC1. The molecular weight excluding hydrogens is 244 g/mol. The van der Waals surface area contributed by atoms with Crippen LogP contribution in [0.5, 0.6) is 0 Å². The quantitative estimate of drug-likeness (QED) is 0.784. The second-order valence-electron chi connectivity index (χ2n) is 4.70. The molecule has 1 aromatic heterocycles. The Balaban J connectivity index is 1.91. The van der Waals surface area contributed by atoms with E-state index < -0.39 is 0 Å². The molecule has 1 aromatic rings. The summed E-state index contributed by atoms with van der Waals surface area (Å²) in [5.74, 6) is 0.105. The van der Waals surface area contributed by atoms with E-state index in [9.17, 15) is 4.79 Å². The standard InChI is InChI=1S/C13H20N4O2/c1-11(12-3-4-14-10-15-12)16(2)13(18)9-17-5-7-19-8-6-17/h3-4,10-11H,5-9H2,1-2H3.